The molecule has 166 valence electrons. The lowest BCUT2D eigenvalue weighted by Gasteiger charge is -2.36. The molecule has 10 nitrogen and oxygen atoms in total. The van der Waals surface area contributed by atoms with Crippen LogP contribution >= 0.6 is 0 Å². The Kier molecular flexibility index (Phi) is 6.65. The van der Waals surface area contributed by atoms with Crippen LogP contribution < -0.4 is 10.6 Å². The Morgan fingerprint density at radius 1 is 1.21 bits per heavy atom. The summed E-state index contributed by atoms with van der Waals surface area (Å²) in [4.78, 5) is 39.1. The van der Waals surface area contributed by atoms with Gasteiger partial charge in [0, 0.05) is 19.1 Å². The maximum atomic E-state index is 13.4. The number of aliphatic carboxylic acids is 1. The summed E-state index contributed by atoms with van der Waals surface area (Å²) in [6, 6.07) is -2.69. The minimum Gasteiger partial charge on any atom is -0.481 e. The summed E-state index contributed by atoms with van der Waals surface area (Å²) in [5.74, 6) is -2.86. The lowest BCUT2D eigenvalue weighted by atomic mass is 9.85. The molecule has 11 heteroatoms. The highest BCUT2D eigenvalue weighted by molar-refractivity contribution is 7.88. The lowest BCUT2D eigenvalue weighted by molar-refractivity contribution is -0.146. The molecule has 0 bridgehead atoms. The van der Waals surface area contributed by atoms with E-state index in [-0.39, 0.29) is 24.9 Å². The van der Waals surface area contributed by atoms with Gasteiger partial charge in [0.15, 0.2) is 0 Å². The molecule has 2 saturated heterocycles. The number of hydrogen-bond acceptors (Lipinski definition) is 6. The second kappa shape index (κ2) is 8.19. The first-order valence-corrected chi connectivity index (χ1v) is 11.5. The molecule has 5 atom stereocenters. The van der Waals surface area contributed by atoms with E-state index in [0.29, 0.717) is 6.42 Å². The summed E-state index contributed by atoms with van der Waals surface area (Å²) in [6.45, 7) is 7.22. The fraction of sp³-hybridized carbons (Fsp3) is 0.833. The summed E-state index contributed by atoms with van der Waals surface area (Å²) in [5, 5.41) is 15.3. The summed E-state index contributed by atoms with van der Waals surface area (Å²) >= 11 is 0. The number of nitrogens with one attached hydrogen (secondary N) is 2. The average molecular weight is 433 g/mol. The van der Waals surface area contributed by atoms with Gasteiger partial charge in [0.05, 0.1) is 24.3 Å². The van der Waals surface area contributed by atoms with Gasteiger partial charge < -0.3 is 20.6 Å². The van der Waals surface area contributed by atoms with Gasteiger partial charge in [-0.1, -0.05) is 20.8 Å². The number of carbonyl (C=O) groups excluding carboxylic acids is 2. The molecule has 2 aliphatic rings. The minimum absolute atomic E-state index is 0.156. The van der Waals surface area contributed by atoms with Crippen LogP contribution in [0.15, 0.2) is 0 Å². The van der Waals surface area contributed by atoms with Crippen molar-refractivity contribution in [3.05, 3.63) is 0 Å². The first-order valence-electron chi connectivity index (χ1n) is 9.68. The van der Waals surface area contributed by atoms with E-state index in [1.54, 1.807) is 14.0 Å². The van der Waals surface area contributed by atoms with Gasteiger partial charge in [0.1, 0.15) is 6.04 Å². The molecule has 2 heterocycles. The van der Waals surface area contributed by atoms with Crippen LogP contribution in [0.4, 0.5) is 0 Å². The van der Waals surface area contributed by atoms with E-state index in [0.717, 1.165) is 6.26 Å². The van der Waals surface area contributed by atoms with Crippen molar-refractivity contribution in [1.29, 1.82) is 0 Å². The van der Waals surface area contributed by atoms with Crippen molar-refractivity contribution < 1.29 is 27.9 Å². The van der Waals surface area contributed by atoms with Crippen LogP contribution in [0.1, 0.15) is 34.1 Å². The molecule has 5 unspecified atom stereocenters. The number of carboxylic acids is 1. The van der Waals surface area contributed by atoms with Gasteiger partial charge in [-0.3, -0.25) is 14.4 Å². The highest BCUT2D eigenvalue weighted by Crippen LogP contribution is 2.38. The minimum atomic E-state index is -3.60. The van der Waals surface area contributed by atoms with Crippen LogP contribution in [-0.4, -0.2) is 91.1 Å². The van der Waals surface area contributed by atoms with Gasteiger partial charge in [-0.15, -0.1) is 0 Å². The van der Waals surface area contributed by atoms with Crippen molar-refractivity contribution in [2.75, 3.05) is 26.4 Å². The third kappa shape index (κ3) is 4.72. The molecular formula is C18H32N4O6S. The first-order chi connectivity index (χ1) is 13.2. The number of sulfonamides is 1. The largest absolute Gasteiger partial charge is 0.481 e. The van der Waals surface area contributed by atoms with Crippen LogP contribution in [0.3, 0.4) is 0 Å². The Bertz CT molecular complexity index is 778. The van der Waals surface area contributed by atoms with Crippen LogP contribution in [0, 0.1) is 11.3 Å². The molecule has 0 saturated carbocycles. The highest BCUT2D eigenvalue weighted by Gasteiger charge is 2.56. The molecule has 0 aromatic heterocycles. The Morgan fingerprint density at radius 3 is 2.24 bits per heavy atom. The van der Waals surface area contributed by atoms with Gasteiger partial charge in [0.25, 0.3) is 0 Å². The summed E-state index contributed by atoms with van der Waals surface area (Å²) < 4.78 is 25.5. The number of amides is 2. The fourth-order valence-corrected chi connectivity index (χ4v) is 5.26. The third-order valence-electron chi connectivity index (χ3n) is 5.83. The predicted octanol–water partition coefficient (Wildman–Crippen LogP) is -0.929. The number of likely N-dealkylation sites (N-methyl/N-ethyl adjacent to an activating group) is 1. The molecule has 0 aromatic rings. The van der Waals surface area contributed by atoms with Crippen molar-refractivity contribution >= 4 is 27.8 Å². The number of nitrogens with zero attached hydrogens (tertiary/aromatic N) is 2. The summed E-state index contributed by atoms with van der Waals surface area (Å²) in [5.41, 5.74) is -0.619. The Hall–Kier alpha value is -1.72. The van der Waals surface area contributed by atoms with Crippen molar-refractivity contribution in [2.24, 2.45) is 11.3 Å². The normalized spacial score (nSPS) is 27.4. The average Bonchev–Trinajstić information content (AvgIpc) is 3.16. The SMILES string of the molecule is CNC(C)C(=O)NC(C(=O)N1CCC2C1C(C(=O)O)CN2S(C)(=O)=O)C(C)(C)C. The van der Waals surface area contributed by atoms with E-state index in [9.17, 15) is 27.9 Å². The van der Waals surface area contributed by atoms with Crippen LogP contribution in [-0.2, 0) is 24.4 Å². The molecule has 0 spiro atoms. The Labute approximate surface area is 172 Å². The van der Waals surface area contributed by atoms with E-state index in [1.807, 2.05) is 20.8 Å². The molecular weight excluding hydrogens is 400 g/mol. The second-order valence-corrected chi connectivity index (χ2v) is 10.9. The third-order valence-corrected chi connectivity index (χ3v) is 7.10. The lowest BCUT2D eigenvalue weighted by Crippen LogP contribution is -2.59. The quantitative estimate of drug-likeness (QED) is 0.493. The maximum absolute atomic E-state index is 13.4. The summed E-state index contributed by atoms with van der Waals surface area (Å²) in [6.07, 6.45) is 1.42. The zero-order valence-corrected chi connectivity index (χ0v) is 18.6. The molecule has 2 fully saturated rings. The molecule has 2 aliphatic heterocycles. The number of rotatable bonds is 6. The van der Waals surface area contributed by atoms with Crippen LogP contribution in [0.2, 0.25) is 0 Å². The van der Waals surface area contributed by atoms with Crippen molar-refractivity contribution in [2.45, 2.75) is 58.3 Å². The number of carbonyl (C=O) groups is 3. The molecule has 2 amide bonds. The molecule has 0 aliphatic carbocycles. The number of fused-ring (bicyclic) bond motifs is 1. The molecule has 2 rings (SSSR count). The Balaban J connectivity index is 2.35. The van der Waals surface area contributed by atoms with E-state index in [1.165, 1.54) is 9.21 Å². The van der Waals surface area contributed by atoms with Crippen LogP contribution in [0.25, 0.3) is 0 Å². The van der Waals surface area contributed by atoms with Gasteiger partial charge >= 0.3 is 5.97 Å². The Morgan fingerprint density at radius 2 is 1.79 bits per heavy atom. The molecule has 3 N–H and O–H groups in total. The monoisotopic (exact) mass is 432 g/mol. The maximum Gasteiger partial charge on any atom is 0.310 e. The van der Waals surface area contributed by atoms with Gasteiger partial charge in [-0.05, 0) is 25.8 Å². The number of carboxylic acid groups (broad SMARTS) is 1. The zero-order chi connectivity index (χ0) is 22.3. The van der Waals surface area contributed by atoms with E-state index < -0.39 is 51.5 Å². The second-order valence-electron chi connectivity index (χ2n) is 8.97. The van der Waals surface area contributed by atoms with E-state index in [4.69, 9.17) is 0 Å². The van der Waals surface area contributed by atoms with Crippen molar-refractivity contribution in [1.82, 2.24) is 19.8 Å². The van der Waals surface area contributed by atoms with Gasteiger partial charge in [0.2, 0.25) is 21.8 Å². The van der Waals surface area contributed by atoms with E-state index in [2.05, 4.69) is 10.6 Å². The fourth-order valence-electron chi connectivity index (χ4n) is 4.11. The van der Waals surface area contributed by atoms with Crippen molar-refractivity contribution in [3.8, 4) is 0 Å². The highest BCUT2D eigenvalue weighted by atomic mass is 32.2. The topological polar surface area (TPSA) is 136 Å². The number of hydrogen-bond donors (Lipinski definition) is 3. The number of likely N-dealkylation sites (tertiary alicyclic amines) is 1. The zero-order valence-electron chi connectivity index (χ0n) is 17.8. The van der Waals surface area contributed by atoms with Crippen molar-refractivity contribution in [3.63, 3.8) is 0 Å². The van der Waals surface area contributed by atoms with Gasteiger partial charge in [-0.25, -0.2) is 8.42 Å². The standard InChI is InChI=1S/C18H32N4O6S/c1-10(19-5)15(23)20-14(18(2,3)4)16(24)21-8-7-12-13(21)11(17(25)26)9-22(12)29(6,27)28/h10-14,19H,7-9H2,1-6H3,(H,20,23)(H,25,26). The molecule has 0 aromatic carbocycles. The van der Waals surface area contributed by atoms with Crippen LogP contribution in [0.5, 0.6) is 0 Å². The molecule has 29 heavy (non-hydrogen) atoms. The van der Waals surface area contributed by atoms with Gasteiger partial charge in [-0.2, -0.15) is 4.31 Å². The molecule has 0 radical (unpaired) electrons. The predicted molar refractivity (Wildman–Crippen MR) is 106 cm³/mol. The van der Waals surface area contributed by atoms with E-state index >= 15 is 0 Å². The first kappa shape index (κ1) is 23.6. The summed E-state index contributed by atoms with van der Waals surface area (Å²) in [7, 11) is -1.96. The smallest absolute Gasteiger partial charge is 0.310 e.